The lowest BCUT2D eigenvalue weighted by Crippen LogP contribution is -2.23. The molecular weight excluding hydrogens is 362 g/mol. The third kappa shape index (κ3) is 4.29. The monoisotopic (exact) mass is 385 g/mol. The fourth-order valence-corrected chi connectivity index (χ4v) is 3.38. The van der Waals surface area contributed by atoms with Crippen LogP contribution < -0.4 is 10.1 Å². The van der Waals surface area contributed by atoms with Crippen LogP contribution in [0.3, 0.4) is 0 Å². The summed E-state index contributed by atoms with van der Waals surface area (Å²) in [6.45, 7) is 0.502. The Morgan fingerprint density at radius 2 is 1.76 bits per heavy atom. The van der Waals surface area contributed by atoms with E-state index in [1.807, 2.05) is 66.9 Å². The molecule has 4 aromatic rings. The van der Waals surface area contributed by atoms with Crippen molar-refractivity contribution in [2.24, 2.45) is 0 Å². The van der Waals surface area contributed by atoms with E-state index in [4.69, 9.17) is 9.72 Å². The van der Waals surface area contributed by atoms with E-state index >= 15 is 0 Å². The minimum Gasteiger partial charge on any atom is -0.497 e. The first kappa shape index (κ1) is 18.7. The Kier molecular flexibility index (Phi) is 5.56. The standard InChI is InChI=1S/C24H23N3O2/c1-29-20-12-10-18(11-13-20)17-25-23(28)15-14-21-24(19-7-3-2-4-8-19)26-22-9-5-6-16-27(21)22/h2-13,16H,14-15,17H2,1H3,(H,25,28). The summed E-state index contributed by atoms with van der Waals surface area (Å²) in [5.74, 6) is 0.826. The predicted molar refractivity (Wildman–Crippen MR) is 114 cm³/mol. The molecule has 0 saturated carbocycles. The minimum absolute atomic E-state index is 0.0192. The molecule has 2 heterocycles. The van der Waals surface area contributed by atoms with Gasteiger partial charge in [-0.1, -0.05) is 48.5 Å². The molecule has 2 aromatic heterocycles. The van der Waals surface area contributed by atoms with Crippen LogP contribution in [0.1, 0.15) is 17.7 Å². The second kappa shape index (κ2) is 8.61. The predicted octanol–water partition coefficient (Wildman–Crippen LogP) is 4.26. The second-order valence-corrected chi connectivity index (χ2v) is 6.83. The zero-order chi connectivity index (χ0) is 20.1. The van der Waals surface area contributed by atoms with Crippen LogP contribution in [0.4, 0.5) is 0 Å². The molecule has 2 aromatic carbocycles. The topological polar surface area (TPSA) is 55.6 Å². The van der Waals surface area contributed by atoms with Crippen LogP contribution in [0.2, 0.25) is 0 Å². The number of amides is 1. The largest absolute Gasteiger partial charge is 0.497 e. The van der Waals surface area contributed by atoms with Gasteiger partial charge in [0.15, 0.2) is 0 Å². The van der Waals surface area contributed by atoms with E-state index < -0.39 is 0 Å². The Bertz CT molecular complexity index is 1100. The molecular formula is C24H23N3O2. The minimum atomic E-state index is 0.0192. The Morgan fingerprint density at radius 3 is 2.52 bits per heavy atom. The molecule has 0 aliphatic rings. The number of pyridine rings is 1. The van der Waals surface area contributed by atoms with Crippen molar-refractivity contribution >= 4 is 11.6 Å². The van der Waals surface area contributed by atoms with Crippen LogP contribution in [0, 0.1) is 0 Å². The summed E-state index contributed by atoms with van der Waals surface area (Å²) in [4.78, 5) is 17.2. The molecule has 0 bridgehead atoms. The smallest absolute Gasteiger partial charge is 0.220 e. The highest BCUT2D eigenvalue weighted by atomic mass is 16.5. The number of nitrogens with one attached hydrogen (secondary N) is 1. The molecule has 4 rings (SSSR count). The lowest BCUT2D eigenvalue weighted by Gasteiger charge is -2.08. The van der Waals surface area contributed by atoms with Crippen LogP contribution in [0.25, 0.3) is 16.9 Å². The van der Waals surface area contributed by atoms with Gasteiger partial charge < -0.3 is 14.5 Å². The maximum Gasteiger partial charge on any atom is 0.220 e. The molecule has 1 amide bonds. The molecule has 0 aliphatic carbocycles. The molecule has 0 unspecified atom stereocenters. The van der Waals surface area contributed by atoms with Crippen molar-refractivity contribution in [3.63, 3.8) is 0 Å². The summed E-state index contributed by atoms with van der Waals surface area (Å²) >= 11 is 0. The van der Waals surface area contributed by atoms with Crippen molar-refractivity contribution in [2.75, 3.05) is 7.11 Å². The van der Waals surface area contributed by atoms with Crippen molar-refractivity contribution in [3.8, 4) is 17.0 Å². The summed E-state index contributed by atoms with van der Waals surface area (Å²) in [6.07, 6.45) is 3.02. The van der Waals surface area contributed by atoms with Crippen molar-refractivity contribution < 1.29 is 9.53 Å². The zero-order valence-electron chi connectivity index (χ0n) is 16.3. The first-order valence-electron chi connectivity index (χ1n) is 9.65. The summed E-state index contributed by atoms with van der Waals surface area (Å²) in [6, 6.07) is 23.7. The molecule has 0 aliphatic heterocycles. The van der Waals surface area contributed by atoms with Crippen LogP contribution in [0.5, 0.6) is 5.75 Å². The quantitative estimate of drug-likeness (QED) is 0.517. The molecule has 0 radical (unpaired) electrons. The highest BCUT2D eigenvalue weighted by Crippen LogP contribution is 2.25. The number of methoxy groups -OCH3 is 1. The molecule has 1 N–H and O–H groups in total. The van der Waals surface area contributed by atoms with E-state index in [0.29, 0.717) is 19.4 Å². The van der Waals surface area contributed by atoms with E-state index in [0.717, 1.165) is 33.9 Å². The van der Waals surface area contributed by atoms with Crippen LogP contribution >= 0.6 is 0 Å². The second-order valence-electron chi connectivity index (χ2n) is 6.83. The summed E-state index contributed by atoms with van der Waals surface area (Å²) in [7, 11) is 1.64. The van der Waals surface area contributed by atoms with Gasteiger partial charge in [0.05, 0.1) is 18.5 Å². The normalized spacial score (nSPS) is 10.8. The number of hydrogen-bond acceptors (Lipinski definition) is 3. The van der Waals surface area contributed by atoms with Gasteiger partial charge in [0.2, 0.25) is 5.91 Å². The highest BCUT2D eigenvalue weighted by Gasteiger charge is 2.15. The van der Waals surface area contributed by atoms with Gasteiger partial charge in [-0.15, -0.1) is 0 Å². The van der Waals surface area contributed by atoms with Crippen molar-refractivity contribution in [1.82, 2.24) is 14.7 Å². The highest BCUT2D eigenvalue weighted by molar-refractivity contribution is 5.77. The number of ether oxygens (including phenoxy) is 1. The maximum absolute atomic E-state index is 12.5. The number of aromatic nitrogens is 2. The fraction of sp³-hybridized carbons (Fsp3) is 0.167. The number of nitrogens with zero attached hydrogens (tertiary/aromatic N) is 2. The van der Waals surface area contributed by atoms with Crippen LogP contribution in [-0.4, -0.2) is 22.4 Å². The fourth-order valence-electron chi connectivity index (χ4n) is 3.38. The van der Waals surface area contributed by atoms with Crippen LogP contribution in [-0.2, 0) is 17.8 Å². The lowest BCUT2D eigenvalue weighted by atomic mass is 10.1. The first-order valence-corrected chi connectivity index (χ1v) is 9.65. The summed E-state index contributed by atoms with van der Waals surface area (Å²) < 4.78 is 7.23. The third-order valence-electron chi connectivity index (χ3n) is 4.91. The van der Waals surface area contributed by atoms with E-state index in [9.17, 15) is 4.79 Å². The third-order valence-corrected chi connectivity index (χ3v) is 4.91. The van der Waals surface area contributed by atoms with Crippen molar-refractivity contribution in [2.45, 2.75) is 19.4 Å². The molecule has 0 fully saturated rings. The number of carbonyl (C=O) groups is 1. The molecule has 0 spiro atoms. The van der Waals surface area contributed by atoms with E-state index in [1.54, 1.807) is 7.11 Å². The van der Waals surface area contributed by atoms with Gasteiger partial charge in [-0.3, -0.25) is 4.79 Å². The van der Waals surface area contributed by atoms with E-state index in [-0.39, 0.29) is 5.91 Å². The van der Waals surface area contributed by atoms with Gasteiger partial charge in [-0.25, -0.2) is 4.98 Å². The number of carbonyl (C=O) groups excluding carboxylic acids is 1. The van der Waals surface area contributed by atoms with Gasteiger partial charge in [0.25, 0.3) is 0 Å². The number of aryl methyl sites for hydroxylation is 1. The Labute approximate surface area is 170 Å². The average molecular weight is 385 g/mol. The maximum atomic E-state index is 12.5. The molecule has 5 nitrogen and oxygen atoms in total. The molecule has 146 valence electrons. The lowest BCUT2D eigenvalue weighted by molar-refractivity contribution is -0.121. The molecule has 29 heavy (non-hydrogen) atoms. The van der Waals surface area contributed by atoms with E-state index in [1.165, 1.54) is 0 Å². The Hall–Kier alpha value is -3.60. The number of benzene rings is 2. The average Bonchev–Trinajstić information content (AvgIpc) is 3.16. The van der Waals surface area contributed by atoms with Gasteiger partial charge in [0, 0.05) is 24.7 Å². The SMILES string of the molecule is COc1ccc(CNC(=O)CCc2c(-c3ccccc3)nc3ccccn23)cc1. The summed E-state index contributed by atoms with van der Waals surface area (Å²) in [5.41, 5.74) is 4.97. The van der Waals surface area contributed by atoms with Crippen molar-refractivity contribution in [3.05, 3.63) is 90.3 Å². The van der Waals surface area contributed by atoms with Crippen LogP contribution in [0.15, 0.2) is 79.0 Å². The van der Waals surface area contributed by atoms with Gasteiger partial charge in [-0.2, -0.15) is 0 Å². The first-order chi connectivity index (χ1) is 14.2. The molecule has 0 saturated heterocycles. The summed E-state index contributed by atoms with van der Waals surface area (Å²) in [5, 5.41) is 3.00. The molecule has 5 heteroatoms. The number of hydrogen-bond donors (Lipinski definition) is 1. The van der Waals surface area contributed by atoms with Crippen molar-refractivity contribution in [1.29, 1.82) is 0 Å². The Morgan fingerprint density at radius 1 is 1.00 bits per heavy atom. The molecule has 0 atom stereocenters. The zero-order valence-corrected chi connectivity index (χ0v) is 16.3. The van der Waals surface area contributed by atoms with Gasteiger partial charge in [0.1, 0.15) is 11.4 Å². The van der Waals surface area contributed by atoms with E-state index in [2.05, 4.69) is 21.9 Å². The number of imidazole rings is 1. The van der Waals surface area contributed by atoms with Gasteiger partial charge >= 0.3 is 0 Å². The van der Waals surface area contributed by atoms with Gasteiger partial charge in [-0.05, 0) is 36.2 Å². The number of rotatable bonds is 7. The number of fused-ring (bicyclic) bond motifs is 1. The Balaban J connectivity index is 1.46.